The lowest BCUT2D eigenvalue weighted by Gasteiger charge is -2.04. The van der Waals surface area contributed by atoms with Crippen molar-refractivity contribution in [2.45, 2.75) is 13.5 Å². The number of rotatable bonds is 4. The highest BCUT2D eigenvalue weighted by molar-refractivity contribution is 5.92. The van der Waals surface area contributed by atoms with E-state index in [0.717, 1.165) is 16.5 Å². The van der Waals surface area contributed by atoms with Gasteiger partial charge < -0.3 is 0 Å². The fourth-order valence-corrected chi connectivity index (χ4v) is 2.86. The minimum atomic E-state index is -0.309. The molecule has 0 saturated heterocycles. The summed E-state index contributed by atoms with van der Waals surface area (Å²) in [6, 6.07) is 16.0. The van der Waals surface area contributed by atoms with E-state index in [2.05, 4.69) is 20.4 Å². The van der Waals surface area contributed by atoms with Crippen LogP contribution in [0, 0.1) is 5.82 Å². The minimum absolute atomic E-state index is 0.217. The summed E-state index contributed by atoms with van der Waals surface area (Å²) >= 11 is 0. The molecule has 27 heavy (non-hydrogen) atoms. The van der Waals surface area contributed by atoms with Gasteiger partial charge in [0.15, 0.2) is 5.65 Å². The number of hydrogen-bond donors (Lipinski definition) is 1. The maximum absolute atomic E-state index is 13.3. The van der Waals surface area contributed by atoms with E-state index in [-0.39, 0.29) is 17.7 Å². The number of carbonyl (C=O) groups excluding carboxylic acids is 1. The van der Waals surface area contributed by atoms with Gasteiger partial charge in [-0.25, -0.2) is 14.1 Å². The molecule has 1 N–H and O–H groups in total. The van der Waals surface area contributed by atoms with Gasteiger partial charge in [-0.2, -0.15) is 10.1 Å². The second-order valence-electron chi connectivity index (χ2n) is 6.11. The average Bonchev–Trinajstić information content (AvgIpc) is 3.00. The highest BCUT2D eigenvalue weighted by atomic mass is 19.1. The topological polar surface area (TPSA) is 72.7 Å². The van der Waals surface area contributed by atoms with E-state index in [1.165, 1.54) is 19.1 Å². The fourth-order valence-electron chi connectivity index (χ4n) is 2.86. The molecule has 7 heteroatoms. The van der Waals surface area contributed by atoms with Crippen LogP contribution in [0.15, 0.2) is 60.8 Å². The van der Waals surface area contributed by atoms with Crippen LogP contribution in [0.5, 0.6) is 0 Å². The summed E-state index contributed by atoms with van der Waals surface area (Å²) < 4.78 is 15.1. The van der Waals surface area contributed by atoms with Crippen LogP contribution in [-0.4, -0.2) is 25.7 Å². The minimum Gasteiger partial charge on any atom is -0.295 e. The number of benzene rings is 2. The van der Waals surface area contributed by atoms with Gasteiger partial charge in [-0.15, -0.1) is 0 Å². The number of hydrogen-bond acceptors (Lipinski definition) is 4. The standard InChI is InChI=1S/C20H16FN5O/c1-13(27)23-20-22-11-17-18(15-7-9-16(21)10-8-15)25-26(19(17)24-20)12-14-5-3-2-4-6-14/h2-11H,12H2,1H3,(H,22,23,24,27). The van der Waals surface area contributed by atoms with E-state index >= 15 is 0 Å². The van der Waals surface area contributed by atoms with Crippen LogP contribution in [0.25, 0.3) is 22.3 Å². The van der Waals surface area contributed by atoms with Gasteiger partial charge in [0.25, 0.3) is 0 Å². The predicted octanol–water partition coefficient (Wildman–Crippen LogP) is 3.64. The van der Waals surface area contributed by atoms with Gasteiger partial charge in [0.1, 0.15) is 11.5 Å². The lowest BCUT2D eigenvalue weighted by molar-refractivity contribution is -0.114. The van der Waals surface area contributed by atoms with Gasteiger partial charge >= 0.3 is 0 Å². The predicted molar refractivity (Wildman–Crippen MR) is 101 cm³/mol. The number of nitrogens with one attached hydrogen (secondary N) is 1. The van der Waals surface area contributed by atoms with Crippen molar-refractivity contribution < 1.29 is 9.18 Å². The van der Waals surface area contributed by atoms with Crippen molar-refractivity contribution in [3.05, 3.63) is 72.2 Å². The van der Waals surface area contributed by atoms with E-state index in [1.807, 2.05) is 30.3 Å². The highest BCUT2D eigenvalue weighted by Gasteiger charge is 2.16. The molecule has 6 nitrogen and oxygen atoms in total. The van der Waals surface area contributed by atoms with Crippen LogP contribution in [0.2, 0.25) is 0 Å². The molecule has 0 fully saturated rings. The van der Waals surface area contributed by atoms with Crippen LogP contribution >= 0.6 is 0 Å². The van der Waals surface area contributed by atoms with Gasteiger partial charge in [-0.1, -0.05) is 30.3 Å². The van der Waals surface area contributed by atoms with E-state index in [1.54, 1.807) is 23.0 Å². The molecule has 0 aliphatic heterocycles. The molecular formula is C20H16FN5O. The number of amides is 1. The Balaban J connectivity index is 1.86. The van der Waals surface area contributed by atoms with Crippen LogP contribution in [0.1, 0.15) is 12.5 Å². The van der Waals surface area contributed by atoms with Crippen LogP contribution in [0.3, 0.4) is 0 Å². The smallest absolute Gasteiger partial charge is 0.231 e. The SMILES string of the molecule is CC(=O)Nc1ncc2c(-c3ccc(F)cc3)nn(Cc3ccccc3)c2n1. The third-order valence-electron chi connectivity index (χ3n) is 4.07. The largest absolute Gasteiger partial charge is 0.295 e. The van der Waals surface area contributed by atoms with Gasteiger partial charge in [0, 0.05) is 18.7 Å². The van der Waals surface area contributed by atoms with Crippen molar-refractivity contribution in [2.24, 2.45) is 0 Å². The Hall–Kier alpha value is -3.61. The number of anilines is 1. The molecule has 2 aromatic heterocycles. The Labute approximate surface area is 154 Å². The van der Waals surface area contributed by atoms with Crippen molar-refractivity contribution >= 4 is 22.9 Å². The Morgan fingerprint density at radius 3 is 2.56 bits per heavy atom. The molecule has 0 aliphatic rings. The van der Waals surface area contributed by atoms with E-state index in [9.17, 15) is 9.18 Å². The number of fused-ring (bicyclic) bond motifs is 1. The fraction of sp³-hybridized carbons (Fsp3) is 0.100. The maximum Gasteiger partial charge on any atom is 0.231 e. The summed E-state index contributed by atoms with van der Waals surface area (Å²) in [6.45, 7) is 1.91. The highest BCUT2D eigenvalue weighted by Crippen LogP contribution is 2.28. The molecule has 4 aromatic rings. The Bertz CT molecular complexity index is 1110. The first-order valence-electron chi connectivity index (χ1n) is 8.41. The first kappa shape index (κ1) is 16.8. The van der Waals surface area contributed by atoms with Crippen molar-refractivity contribution in [3.8, 4) is 11.3 Å². The van der Waals surface area contributed by atoms with Gasteiger partial charge in [0.05, 0.1) is 11.9 Å². The Morgan fingerprint density at radius 2 is 1.85 bits per heavy atom. The summed E-state index contributed by atoms with van der Waals surface area (Å²) in [4.78, 5) is 20.0. The molecule has 2 aromatic carbocycles. The summed E-state index contributed by atoms with van der Waals surface area (Å²) in [5, 5.41) is 8.00. The molecule has 0 bridgehead atoms. The molecule has 0 spiro atoms. The first-order valence-corrected chi connectivity index (χ1v) is 8.41. The molecule has 0 radical (unpaired) electrons. The number of aromatic nitrogens is 4. The third kappa shape index (κ3) is 3.52. The van der Waals surface area contributed by atoms with Crippen molar-refractivity contribution in [2.75, 3.05) is 5.32 Å². The van der Waals surface area contributed by atoms with Gasteiger partial charge in [-0.3, -0.25) is 10.1 Å². The second kappa shape index (κ2) is 6.95. The Kier molecular flexibility index (Phi) is 4.33. The van der Waals surface area contributed by atoms with Crippen molar-refractivity contribution in [1.29, 1.82) is 0 Å². The number of nitrogens with zero attached hydrogens (tertiary/aromatic N) is 4. The van der Waals surface area contributed by atoms with Gasteiger partial charge in [0.2, 0.25) is 11.9 Å². The van der Waals surface area contributed by atoms with Crippen LogP contribution in [0.4, 0.5) is 10.3 Å². The lowest BCUT2D eigenvalue weighted by Crippen LogP contribution is -2.10. The summed E-state index contributed by atoms with van der Waals surface area (Å²) in [5.41, 5.74) is 3.09. The molecule has 0 atom stereocenters. The average molecular weight is 361 g/mol. The number of carbonyl (C=O) groups is 1. The zero-order valence-corrected chi connectivity index (χ0v) is 14.6. The maximum atomic E-state index is 13.3. The molecule has 0 unspecified atom stereocenters. The lowest BCUT2D eigenvalue weighted by atomic mass is 10.1. The van der Waals surface area contributed by atoms with Crippen molar-refractivity contribution in [3.63, 3.8) is 0 Å². The second-order valence-corrected chi connectivity index (χ2v) is 6.11. The van der Waals surface area contributed by atoms with Crippen LogP contribution < -0.4 is 5.32 Å². The zero-order valence-electron chi connectivity index (χ0n) is 14.6. The molecule has 134 valence electrons. The summed E-state index contributed by atoms with van der Waals surface area (Å²) in [5.74, 6) is -0.340. The molecule has 0 aliphatic carbocycles. The number of halogens is 1. The molecule has 1 amide bonds. The quantitative estimate of drug-likeness (QED) is 0.602. The first-order chi connectivity index (χ1) is 13.1. The van der Waals surface area contributed by atoms with Gasteiger partial charge in [-0.05, 0) is 29.8 Å². The van der Waals surface area contributed by atoms with E-state index in [0.29, 0.717) is 17.9 Å². The zero-order chi connectivity index (χ0) is 18.8. The third-order valence-corrected chi connectivity index (χ3v) is 4.07. The van der Waals surface area contributed by atoms with Crippen molar-refractivity contribution in [1.82, 2.24) is 19.7 Å². The summed E-state index contributed by atoms with van der Waals surface area (Å²) in [7, 11) is 0. The normalized spacial score (nSPS) is 10.9. The van der Waals surface area contributed by atoms with E-state index in [4.69, 9.17) is 0 Å². The monoisotopic (exact) mass is 361 g/mol. The summed E-state index contributed by atoms with van der Waals surface area (Å²) in [6.07, 6.45) is 1.63. The van der Waals surface area contributed by atoms with Crippen LogP contribution in [-0.2, 0) is 11.3 Å². The molecule has 2 heterocycles. The molecular weight excluding hydrogens is 345 g/mol. The molecule has 0 saturated carbocycles. The molecule has 4 rings (SSSR count). The van der Waals surface area contributed by atoms with E-state index < -0.39 is 0 Å². The Morgan fingerprint density at radius 1 is 1.11 bits per heavy atom.